The van der Waals surface area contributed by atoms with Gasteiger partial charge in [0.15, 0.2) is 5.13 Å². The van der Waals surface area contributed by atoms with E-state index >= 15 is 0 Å². The van der Waals surface area contributed by atoms with Gasteiger partial charge in [-0.25, -0.2) is 13.4 Å². The molecular weight excluding hydrogens is 394 g/mol. The Kier molecular flexibility index (Phi) is 5.81. The number of aryl methyl sites for hydroxylation is 2. The van der Waals surface area contributed by atoms with Gasteiger partial charge in [0.1, 0.15) is 0 Å². The average Bonchev–Trinajstić information content (AvgIpc) is 3.09. The molecule has 8 heteroatoms. The molecule has 0 fully saturated rings. The van der Waals surface area contributed by atoms with Crippen molar-refractivity contribution < 1.29 is 13.2 Å². The number of anilines is 2. The van der Waals surface area contributed by atoms with Crippen LogP contribution < -0.4 is 10.0 Å². The number of rotatable bonds is 6. The van der Waals surface area contributed by atoms with Gasteiger partial charge in [-0.05, 0) is 44.5 Å². The van der Waals surface area contributed by atoms with E-state index in [1.54, 1.807) is 25.1 Å². The minimum atomic E-state index is -3.40. The number of hydrogen-bond donors (Lipinski definition) is 2. The van der Waals surface area contributed by atoms with Crippen LogP contribution in [0.4, 0.5) is 10.8 Å². The maximum Gasteiger partial charge on any atom is 0.257 e. The molecule has 0 aliphatic heterocycles. The van der Waals surface area contributed by atoms with Crippen LogP contribution in [0.25, 0.3) is 11.3 Å². The van der Waals surface area contributed by atoms with Gasteiger partial charge in [-0.1, -0.05) is 29.8 Å². The zero-order valence-corrected chi connectivity index (χ0v) is 17.4. The highest BCUT2D eigenvalue weighted by Crippen LogP contribution is 2.28. The summed E-state index contributed by atoms with van der Waals surface area (Å²) >= 11 is 1.34. The smallest absolute Gasteiger partial charge is 0.257 e. The van der Waals surface area contributed by atoms with Gasteiger partial charge in [-0.15, -0.1) is 11.3 Å². The lowest BCUT2D eigenvalue weighted by Crippen LogP contribution is -2.16. The molecule has 0 unspecified atom stereocenters. The highest BCUT2D eigenvalue weighted by Gasteiger charge is 2.13. The lowest BCUT2D eigenvalue weighted by molar-refractivity contribution is 0.102. The van der Waals surface area contributed by atoms with E-state index in [1.807, 2.05) is 31.4 Å². The molecular formula is C20H21N3O3S2. The number of amides is 1. The molecule has 1 heterocycles. The number of thiazole rings is 1. The van der Waals surface area contributed by atoms with Crippen LogP contribution in [0.3, 0.4) is 0 Å². The lowest BCUT2D eigenvalue weighted by atomic mass is 10.0. The maximum absolute atomic E-state index is 12.5. The number of sulfonamides is 1. The van der Waals surface area contributed by atoms with Crippen molar-refractivity contribution in [1.29, 1.82) is 0 Å². The third kappa shape index (κ3) is 4.76. The number of nitrogens with zero attached hydrogens (tertiary/aromatic N) is 1. The maximum atomic E-state index is 12.5. The van der Waals surface area contributed by atoms with Gasteiger partial charge in [0.25, 0.3) is 5.91 Å². The number of benzene rings is 2. The van der Waals surface area contributed by atoms with Crippen LogP contribution >= 0.6 is 11.3 Å². The van der Waals surface area contributed by atoms with E-state index < -0.39 is 10.0 Å². The van der Waals surface area contributed by atoms with Crippen molar-refractivity contribution in [3.63, 3.8) is 0 Å². The number of hydrogen-bond acceptors (Lipinski definition) is 5. The van der Waals surface area contributed by atoms with E-state index in [-0.39, 0.29) is 11.7 Å². The Morgan fingerprint density at radius 1 is 1.14 bits per heavy atom. The van der Waals surface area contributed by atoms with E-state index in [0.717, 1.165) is 16.8 Å². The number of carbonyl (C=O) groups is 1. The summed E-state index contributed by atoms with van der Waals surface area (Å²) < 4.78 is 25.9. The molecule has 0 atom stereocenters. The number of carbonyl (C=O) groups excluding carboxylic acids is 1. The number of nitrogens with one attached hydrogen (secondary N) is 2. The van der Waals surface area contributed by atoms with E-state index in [9.17, 15) is 13.2 Å². The van der Waals surface area contributed by atoms with Gasteiger partial charge in [0.05, 0.1) is 11.4 Å². The zero-order valence-electron chi connectivity index (χ0n) is 15.8. The second-order valence-corrected chi connectivity index (χ2v) is 9.27. The van der Waals surface area contributed by atoms with Gasteiger partial charge in [-0.3, -0.25) is 14.8 Å². The topological polar surface area (TPSA) is 88.2 Å². The van der Waals surface area contributed by atoms with Crippen LogP contribution in [0.15, 0.2) is 47.8 Å². The Bertz CT molecular complexity index is 1120. The van der Waals surface area contributed by atoms with Crippen LogP contribution in [0.5, 0.6) is 0 Å². The average molecular weight is 416 g/mol. The highest BCUT2D eigenvalue weighted by molar-refractivity contribution is 7.92. The zero-order chi connectivity index (χ0) is 20.3. The molecule has 2 N–H and O–H groups in total. The van der Waals surface area contributed by atoms with E-state index in [0.29, 0.717) is 16.4 Å². The summed E-state index contributed by atoms with van der Waals surface area (Å²) in [7, 11) is -3.40. The molecule has 0 spiro atoms. The SMILES string of the molecule is CCS(=O)(=O)Nc1cccc(C(=O)Nc2nc(-c3ccc(C)cc3C)cs2)c1. The van der Waals surface area contributed by atoms with Crippen LogP contribution in [-0.4, -0.2) is 25.1 Å². The first kappa shape index (κ1) is 20.0. The first-order valence-corrected chi connectivity index (χ1v) is 11.3. The fourth-order valence-corrected chi connectivity index (χ4v) is 4.04. The Hall–Kier alpha value is -2.71. The summed E-state index contributed by atoms with van der Waals surface area (Å²) in [6.07, 6.45) is 0. The fraction of sp³-hybridized carbons (Fsp3) is 0.200. The second-order valence-electron chi connectivity index (χ2n) is 6.40. The Morgan fingerprint density at radius 3 is 2.64 bits per heavy atom. The van der Waals surface area contributed by atoms with E-state index in [1.165, 1.54) is 23.0 Å². The van der Waals surface area contributed by atoms with Crippen LogP contribution in [0, 0.1) is 13.8 Å². The van der Waals surface area contributed by atoms with Gasteiger partial charge in [-0.2, -0.15) is 0 Å². The Labute approximate surface area is 168 Å². The van der Waals surface area contributed by atoms with Crippen molar-refractivity contribution in [3.8, 4) is 11.3 Å². The third-order valence-corrected chi connectivity index (χ3v) is 6.23. The molecule has 6 nitrogen and oxygen atoms in total. The third-order valence-electron chi connectivity index (χ3n) is 4.16. The molecule has 0 radical (unpaired) electrons. The first-order chi connectivity index (χ1) is 13.3. The van der Waals surface area contributed by atoms with Crippen molar-refractivity contribution in [2.45, 2.75) is 20.8 Å². The van der Waals surface area contributed by atoms with Gasteiger partial charge in [0, 0.05) is 22.2 Å². The second kappa shape index (κ2) is 8.12. The molecule has 146 valence electrons. The van der Waals surface area contributed by atoms with Crippen molar-refractivity contribution in [1.82, 2.24) is 4.98 Å². The van der Waals surface area contributed by atoms with Crippen LogP contribution in [-0.2, 0) is 10.0 Å². The Morgan fingerprint density at radius 2 is 1.93 bits per heavy atom. The first-order valence-electron chi connectivity index (χ1n) is 8.72. The highest BCUT2D eigenvalue weighted by atomic mass is 32.2. The minimum Gasteiger partial charge on any atom is -0.298 e. The van der Waals surface area contributed by atoms with Gasteiger partial charge >= 0.3 is 0 Å². The molecule has 0 saturated heterocycles. The number of aromatic nitrogens is 1. The largest absolute Gasteiger partial charge is 0.298 e. The summed E-state index contributed by atoms with van der Waals surface area (Å²) in [4.78, 5) is 17.0. The summed E-state index contributed by atoms with van der Waals surface area (Å²) in [5.74, 6) is -0.386. The lowest BCUT2D eigenvalue weighted by Gasteiger charge is -2.08. The monoisotopic (exact) mass is 415 g/mol. The fourth-order valence-electron chi connectivity index (χ4n) is 2.70. The van der Waals surface area contributed by atoms with E-state index in [2.05, 4.69) is 21.1 Å². The van der Waals surface area contributed by atoms with Crippen molar-refractivity contribution in [2.75, 3.05) is 15.8 Å². The Balaban J connectivity index is 1.76. The predicted molar refractivity (Wildman–Crippen MR) is 115 cm³/mol. The van der Waals surface area contributed by atoms with Crippen LogP contribution in [0.2, 0.25) is 0 Å². The van der Waals surface area contributed by atoms with E-state index in [4.69, 9.17) is 0 Å². The molecule has 1 aromatic heterocycles. The molecule has 0 bridgehead atoms. The normalized spacial score (nSPS) is 11.2. The predicted octanol–water partition coefficient (Wildman–Crippen LogP) is 4.44. The molecule has 0 saturated carbocycles. The molecule has 1 amide bonds. The molecule has 3 rings (SSSR count). The summed E-state index contributed by atoms with van der Waals surface area (Å²) in [5, 5.41) is 5.16. The summed E-state index contributed by atoms with van der Waals surface area (Å²) in [6, 6.07) is 12.5. The molecule has 3 aromatic rings. The summed E-state index contributed by atoms with van der Waals surface area (Å²) in [5.41, 5.74) is 4.84. The van der Waals surface area contributed by atoms with Gasteiger partial charge < -0.3 is 0 Å². The van der Waals surface area contributed by atoms with Crippen molar-refractivity contribution in [3.05, 3.63) is 64.5 Å². The standard InChI is InChI=1S/C20H21N3O3S2/c1-4-28(25,26)23-16-7-5-6-15(11-16)19(24)22-20-21-18(12-27-20)17-9-8-13(2)10-14(17)3/h5-12,23H,4H2,1-3H3,(H,21,22,24). The quantitative estimate of drug-likeness (QED) is 0.623. The molecule has 28 heavy (non-hydrogen) atoms. The van der Waals surface area contributed by atoms with Gasteiger partial charge in [0.2, 0.25) is 10.0 Å². The molecule has 2 aromatic carbocycles. The van der Waals surface area contributed by atoms with Crippen LogP contribution in [0.1, 0.15) is 28.4 Å². The molecule has 0 aliphatic rings. The van der Waals surface area contributed by atoms with Crippen molar-refractivity contribution >= 4 is 38.1 Å². The van der Waals surface area contributed by atoms with Crippen molar-refractivity contribution in [2.24, 2.45) is 0 Å². The summed E-state index contributed by atoms with van der Waals surface area (Å²) in [6.45, 7) is 5.62. The molecule has 0 aliphatic carbocycles. The minimum absolute atomic E-state index is 0.0380.